The molecule has 0 saturated carbocycles. The summed E-state index contributed by atoms with van der Waals surface area (Å²) in [6.45, 7) is 0. The molecule has 2 heterocycles. The SMILES string of the molecule is O=C1CC(OC(=O)c2ccc3ccccc3n2)C(=O)N1. The van der Waals surface area contributed by atoms with Crippen molar-refractivity contribution in [2.45, 2.75) is 12.5 Å². The predicted molar refractivity (Wildman–Crippen MR) is 68.7 cm³/mol. The van der Waals surface area contributed by atoms with Crippen molar-refractivity contribution in [3.63, 3.8) is 0 Å². The third kappa shape index (κ3) is 2.23. The Morgan fingerprint density at radius 2 is 2.00 bits per heavy atom. The zero-order valence-corrected chi connectivity index (χ0v) is 10.3. The van der Waals surface area contributed by atoms with Gasteiger partial charge in [-0.05, 0) is 12.1 Å². The first-order valence-electron chi connectivity index (χ1n) is 6.04. The average Bonchev–Trinajstić information content (AvgIpc) is 2.76. The molecule has 1 aliphatic heterocycles. The highest BCUT2D eigenvalue weighted by atomic mass is 16.5. The van der Waals surface area contributed by atoms with E-state index >= 15 is 0 Å². The fourth-order valence-corrected chi connectivity index (χ4v) is 1.99. The Kier molecular flexibility index (Phi) is 2.90. The highest BCUT2D eigenvalue weighted by Crippen LogP contribution is 2.14. The van der Waals surface area contributed by atoms with Gasteiger partial charge in [-0.3, -0.25) is 14.9 Å². The number of amides is 2. The van der Waals surface area contributed by atoms with Crippen LogP contribution in [-0.2, 0) is 14.3 Å². The minimum atomic E-state index is -1.07. The summed E-state index contributed by atoms with van der Waals surface area (Å²) in [6, 6.07) is 10.6. The van der Waals surface area contributed by atoms with Crippen LogP contribution < -0.4 is 5.32 Å². The van der Waals surface area contributed by atoms with E-state index in [2.05, 4.69) is 10.3 Å². The van der Waals surface area contributed by atoms with E-state index in [4.69, 9.17) is 4.74 Å². The molecular formula is C14H10N2O4. The molecule has 1 unspecified atom stereocenters. The van der Waals surface area contributed by atoms with Crippen molar-refractivity contribution in [2.24, 2.45) is 0 Å². The van der Waals surface area contributed by atoms with Gasteiger partial charge in [0, 0.05) is 5.39 Å². The molecule has 2 aromatic rings. The lowest BCUT2D eigenvalue weighted by Gasteiger charge is -2.08. The molecule has 2 amide bonds. The van der Waals surface area contributed by atoms with Crippen molar-refractivity contribution in [1.29, 1.82) is 0 Å². The van der Waals surface area contributed by atoms with Crippen molar-refractivity contribution in [3.05, 3.63) is 42.1 Å². The molecule has 1 aliphatic rings. The molecule has 20 heavy (non-hydrogen) atoms. The number of fused-ring (bicyclic) bond motifs is 1. The van der Waals surface area contributed by atoms with E-state index in [0.717, 1.165) is 5.39 Å². The normalized spacial score (nSPS) is 18.1. The number of nitrogens with one attached hydrogen (secondary N) is 1. The lowest BCUT2D eigenvalue weighted by atomic mass is 10.2. The molecule has 1 aromatic carbocycles. The van der Waals surface area contributed by atoms with E-state index < -0.39 is 23.9 Å². The smallest absolute Gasteiger partial charge is 0.357 e. The summed E-state index contributed by atoms with van der Waals surface area (Å²) in [5, 5.41) is 2.98. The molecule has 0 bridgehead atoms. The van der Waals surface area contributed by atoms with Crippen LogP contribution in [0, 0.1) is 0 Å². The molecule has 1 aromatic heterocycles. The minimum absolute atomic E-state index is 0.107. The average molecular weight is 270 g/mol. The monoisotopic (exact) mass is 270 g/mol. The van der Waals surface area contributed by atoms with Crippen LogP contribution in [0.15, 0.2) is 36.4 Å². The highest BCUT2D eigenvalue weighted by molar-refractivity contribution is 6.06. The van der Waals surface area contributed by atoms with Crippen molar-refractivity contribution in [1.82, 2.24) is 10.3 Å². The van der Waals surface area contributed by atoms with Crippen LogP contribution in [0.4, 0.5) is 0 Å². The number of pyridine rings is 1. The largest absolute Gasteiger partial charge is 0.447 e. The second-order valence-electron chi connectivity index (χ2n) is 4.40. The summed E-state index contributed by atoms with van der Waals surface area (Å²) in [5.41, 5.74) is 0.768. The predicted octanol–water partition coefficient (Wildman–Crippen LogP) is 0.807. The second kappa shape index (κ2) is 4.73. The van der Waals surface area contributed by atoms with Crippen molar-refractivity contribution in [3.8, 4) is 0 Å². The Bertz CT molecular complexity index is 726. The van der Waals surface area contributed by atoms with Gasteiger partial charge in [-0.25, -0.2) is 9.78 Å². The molecule has 1 N–H and O–H groups in total. The summed E-state index contributed by atoms with van der Waals surface area (Å²) in [6.07, 6.45) is -1.21. The molecule has 3 rings (SSSR count). The van der Waals surface area contributed by atoms with Gasteiger partial charge in [0.15, 0.2) is 6.10 Å². The van der Waals surface area contributed by atoms with Crippen LogP contribution in [0.5, 0.6) is 0 Å². The van der Waals surface area contributed by atoms with Gasteiger partial charge in [0.25, 0.3) is 5.91 Å². The van der Waals surface area contributed by atoms with E-state index in [9.17, 15) is 14.4 Å². The molecule has 0 spiro atoms. The Morgan fingerprint density at radius 1 is 1.20 bits per heavy atom. The number of benzene rings is 1. The van der Waals surface area contributed by atoms with Crippen LogP contribution in [-0.4, -0.2) is 28.9 Å². The van der Waals surface area contributed by atoms with Gasteiger partial charge < -0.3 is 4.74 Å². The van der Waals surface area contributed by atoms with Crippen LogP contribution in [0.25, 0.3) is 10.9 Å². The summed E-state index contributed by atoms with van der Waals surface area (Å²) in [4.78, 5) is 38.4. The first-order chi connectivity index (χ1) is 9.63. The summed E-state index contributed by atoms with van der Waals surface area (Å²) in [5.74, 6) is -1.76. The number of hydrogen-bond donors (Lipinski definition) is 1. The molecule has 1 atom stereocenters. The van der Waals surface area contributed by atoms with E-state index in [-0.39, 0.29) is 12.1 Å². The van der Waals surface area contributed by atoms with E-state index in [1.807, 2.05) is 18.2 Å². The van der Waals surface area contributed by atoms with Gasteiger partial charge in [0.05, 0.1) is 11.9 Å². The van der Waals surface area contributed by atoms with Crippen LogP contribution >= 0.6 is 0 Å². The first kappa shape index (κ1) is 12.3. The first-order valence-corrected chi connectivity index (χ1v) is 6.04. The molecule has 0 radical (unpaired) electrons. The van der Waals surface area contributed by atoms with Crippen LogP contribution in [0.3, 0.4) is 0 Å². The van der Waals surface area contributed by atoms with Gasteiger partial charge in [-0.1, -0.05) is 24.3 Å². The number of nitrogens with zero attached hydrogens (tertiary/aromatic N) is 1. The lowest BCUT2D eigenvalue weighted by Crippen LogP contribution is -2.28. The number of rotatable bonds is 2. The van der Waals surface area contributed by atoms with Gasteiger partial charge in [0.2, 0.25) is 5.91 Å². The van der Waals surface area contributed by atoms with Crippen molar-refractivity contribution >= 4 is 28.7 Å². The Labute approximate surface area is 113 Å². The van der Waals surface area contributed by atoms with Gasteiger partial charge in [-0.15, -0.1) is 0 Å². The summed E-state index contributed by atoms with van der Waals surface area (Å²) in [7, 11) is 0. The van der Waals surface area contributed by atoms with Gasteiger partial charge in [-0.2, -0.15) is 0 Å². The fourth-order valence-electron chi connectivity index (χ4n) is 1.99. The van der Waals surface area contributed by atoms with Gasteiger partial charge >= 0.3 is 5.97 Å². The Hall–Kier alpha value is -2.76. The number of carbonyl (C=O) groups is 3. The van der Waals surface area contributed by atoms with E-state index in [1.54, 1.807) is 12.1 Å². The molecule has 1 saturated heterocycles. The fraction of sp³-hybridized carbons (Fsp3) is 0.143. The number of imide groups is 1. The number of para-hydroxylation sites is 1. The maximum atomic E-state index is 11.9. The maximum Gasteiger partial charge on any atom is 0.357 e. The zero-order valence-electron chi connectivity index (χ0n) is 10.3. The van der Waals surface area contributed by atoms with Crippen LogP contribution in [0.2, 0.25) is 0 Å². The number of hydrogen-bond acceptors (Lipinski definition) is 5. The highest BCUT2D eigenvalue weighted by Gasteiger charge is 2.34. The number of esters is 1. The molecule has 0 aliphatic carbocycles. The Morgan fingerprint density at radius 3 is 2.75 bits per heavy atom. The number of aromatic nitrogens is 1. The zero-order chi connectivity index (χ0) is 14.1. The minimum Gasteiger partial charge on any atom is -0.447 e. The quantitative estimate of drug-likeness (QED) is 0.644. The van der Waals surface area contributed by atoms with E-state index in [0.29, 0.717) is 5.52 Å². The topological polar surface area (TPSA) is 85.4 Å². The molecule has 100 valence electrons. The third-order valence-corrected chi connectivity index (χ3v) is 2.98. The van der Waals surface area contributed by atoms with Crippen molar-refractivity contribution in [2.75, 3.05) is 0 Å². The lowest BCUT2D eigenvalue weighted by molar-refractivity contribution is -0.128. The number of ether oxygens (including phenoxy) is 1. The van der Waals surface area contributed by atoms with Gasteiger partial charge in [0.1, 0.15) is 5.69 Å². The van der Waals surface area contributed by atoms with E-state index in [1.165, 1.54) is 6.07 Å². The van der Waals surface area contributed by atoms with Crippen LogP contribution in [0.1, 0.15) is 16.9 Å². The standard InChI is InChI=1S/C14H10N2O4/c17-12-7-11(13(18)16-12)20-14(19)10-6-5-8-3-1-2-4-9(8)15-10/h1-6,11H,7H2,(H,16,17,18). The maximum absolute atomic E-state index is 11.9. The molecule has 6 heteroatoms. The third-order valence-electron chi connectivity index (χ3n) is 2.98. The molecule has 1 fully saturated rings. The number of carbonyl (C=O) groups excluding carboxylic acids is 3. The molecule has 6 nitrogen and oxygen atoms in total. The molecular weight excluding hydrogens is 260 g/mol. The summed E-state index contributed by atoms with van der Waals surface area (Å²) >= 11 is 0. The second-order valence-corrected chi connectivity index (χ2v) is 4.40. The summed E-state index contributed by atoms with van der Waals surface area (Å²) < 4.78 is 4.99. The Balaban J connectivity index is 1.82. The van der Waals surface area contributed by atoms with Crippen molar-refractivity contribution < 1.29 is 19.1 Å².